The molecule has 0 aromatic carbocycles. The van der Waals surface area contributed by atoms with E-state index in [-0.39, 0.29) is 18.8 Å². The number of pyridine rings is 1. The molecule has 5 nitrogen and oxygen atoms in total. The second kappa shape index (κ2) is 6.13. The Morgan fingerprint density at radius 1 is 1.50 bits per heavy atom. The molecule has 1 N–H and O–H groups in total. The molecule has 0 bridgehead atoms. The number of nitrogens with zero attached hydrogens (tertiary/aromatic N) is 2. The lowest BCUT2D eigenvalue weighted by molar-refractivity contribution is 0.107. The summed E-state index contributed by atoms with van der Waals surface area (Å²) in [6, 6.07) is 3.91. The number of hydrogen-bond acceptors (Lipinski definition) is 5. The van der Waals surface area contributed by atoms with Crippen LogP contribution in [0.25, 0.3) is 0 Å². The first-order valence-corrected chi connectivity index (χ1v) is 6.13. The van der Waals surface area contributed by atoms with Gasteiger partial charge in [-0.05, 0) is 12.5 Å². The van der Waals surface area contributed by atoms with Gasteiger partial charge in [0.1, 0.15) is 5.75 Å². The number of likely N-dealkylation sites (tertiary alicyclic amines) is 1. The predicted molar refractivity (Wildman–Crippen MR) is 67.5 cm³/mol. The molecular formula is C13H20N2O3. The van der Waals surface area contributed by atoms with Crippen LogP contribution in [-0.4, -0.2) is 54.5 Å². The first-order valence-electron chi connectivity index (χ1n) is 6.13. The van der Waals surface area contributed by atoms with Crippen molar-refractivity contribution in [1.82, 2.24) is 9.88 Å². The van der Waals surface area contributed by atoms with Crippen LogP contribution < -0.4 is 4.74 Å². The summed E-state index contributed by atoms with van der Waals surface area (Å²) in [6.07, 6.45) is 2.82. The zero-order valence-electron chi connectivity index (χ0n) is 10.9. The van der Waals surface area contributed by atoms with Crippen molar-refractivity contribution in [1.29, 1.82) is 0 Å². The van der Waals surface area contributed by atoms with Crippen LogP contribution in [0.1, 0.15) is 12.1 Å². The highest BCUT2D eigenvalue weighted by Gasteiger charge is 2.31. The minimum absolute atomic E-state index is 0.156. The molecule has 0 aliphatic carbocycles. The molecule has 1 aliphatic heterocycles. The van der Waals surface area contributed by atoms with E-state index in [4.69, 9.17) is 9.47 Å². The molecule has 0 spiro atoms. The Bertz CT molecular complexity index is 386. The minimum Gasteiger partial charge on any atom is -0.497 e. The van der Waals surface area contributed by atoms with Crippen molar-refractivity contribution >= 4 is 0 Å². The summed E-state index contributed by atoms with van der Waals surface area (Å²) in [5.41, 5.74) is 0.949. The van der Waals surface area contributed by atoms with E-state index < -0.39 is 0 Å². The highest BCUT2D eigenvalue weighted by molar-refractivity contribution is 5.22. The van der Waals surface area contributed by atoms with Gasteiger partial charge in [-0.25, -0.2) is 0 Å². The van der Waals surface area contributed by atoms with E-state index in [9.17, 15) is 5.11 Å². The Balaban J connectivity index is 2.03. The van der Waals surface area contributed by atoms with Gasteiger partial charge in [0.2, 0.25) is 0 Å². The number of ether oxygens (including phenoxy) is 2. The molecule has 5 heteroatoms. The fourth-order valence-corrected chi connectivity index (χ4v) is 2.37. The smallest absolute Gasteiger partial charge is 0.122 e. The van der Waals surface area contributed by atoms with Crippen LogP contribution in [0.2, 0.25) is 0 Å². The van der Waals surface area contributed by atoms with E-state index in [1.54, 1.807) is 20.4 Å². The Hall–Kier alpha value is -1.17. The number of hydrogen-bond donors (Lipinski definition) is 1. The second-order valence-corrected chi connectivity index (χ2v) is 4.55. The van der Waals surface area contributed by atoms with Gasteiger partial charge in [-0.3, -0.25) is 9.88 Å². The lowest BCUT2D eigenvalue weighted by Gasteiger charge is -2.21. The van der Waals surface area contributed by atoms with Gasteiger partial charge in [0.25, 0.3) is 0 Å². The third-order valence-electron chi connectivity index (χ3n) is 3.42. The molecule has 1 saturated heterocycles. The van der Waals surface area contributed by atoms with Gasteiger partial charge in [-0.15, -0.1) is 0 Å². The van der Waals surface area contributed by atoms with Crippen molar-refractivity contribution in [2.75, 3.05) is 27.4 Å². The third-order valence-corrected chi connectivity index (χ3v) is 3.42. The van der Waals surface area contributed by atoms with Crippen LogP contribution in [-0.2, 0) is 11.3 Å². The summed E-state index contributed by atoms with van der Waals surface area (Å²) in [5.74, 6) is 0.808. The second-order valence-electron chi connectivity index (χ2n) is 4.55. The fraction of sp³-hybridized carbons (Fsp3) is 0.615. The number of aromatic nitrogens is 1. The largest absolute Gasteiger partial charge is 0.497 e. The van der Waals surface area contributed by atoms with Gasteiger partial charge in [0.15, 0.2) is 0 Å². The van der Waals surface area contributed by atoms with Crippen molar-refractivity contribution in [2.45, 2.75) is 25.1 Å². The van der Waals surface area contributed by atoms with Crippen LogP contribution >= 0.6 is 0 Å². The van der Waals surface area contributed by atoms with Crippen LogP contribution in [0.5, 0.6) is 5.75 Å². The number of rotatable bonds is 5. The van der Waals surface area contributed by atoms with E-state index >= 15 is 0 Å². The summed E-state index contributed by atoms with van der Waals surface area (Å²) < 4.78 is 10.5. The van der Waals surface area contributed by atoms with Crippen LogP contribution in [0.3, 0.4) is 0 Å². The fourth-order valence-electron chi connectivity index (χ4n) is 2.37. The molecule has 0 amide bonds. The van der Waals surface area contributed by atoms with Crippen LogP contribution in [0, 0.1) is 0 Å². The summed E-state index contributed by atoms with van der Waals surface area (Å²) in [7, 11) is 3.36. The van der Waals surface area contributed by atoms with E-state index in [1.165, 1.54) is 0 Å². The highest BCUT2D eigenvalue weighted by atomic mass is 16.5. The predicted octanol–water partition coefficient (Wildman–Crippen LogP) is 0.672. The molecule has 100 valence electrons. The molecular weight excluding hydrogens is 232 g/mol. The molecule has 1 aromatic rings. The zero-order chi connectivity index (χ0) is 13.0. The Morgan fingerprint density at radius 2 is 2.33 bits per heavy atom. The van der Waals surface area contributed by atoms with Gasteiger partial charge in [0.05, 0.1) is 25.5 Å². The molecule has 0 radical (unpaired) electrons. The maximum Gasteiger partial charge on any atom is 0.122 e. The summed E-state index contributed by atoms with van der Waals surface area (Å²) >= 11 is 0. The lowest BCUT2D eigenvalue weighted by Crippen LogP contribution is -2.32. The average molecular weight is 252 g/mol. The number of aliphatic hydroxyl groups excluding tert-OH is 1. The Morgan fingerprint density at radius 3 is 3.00 bits per heavy atom. The molecule has 0 unspecified atom stereocenters. The third kappa shape index (κ3) is 2.98. The Labute approximate surface area is 107 Å². The molecule has 2 rings (SSSR count). The van der Waals surface area contributed by atoms with Crippen molar-refractivity contribution in [3.8, 4) is 5.75 Å². The maximum absolute atomic E-state index is 9.39. The number of methoxy groups -OCH3 is 2. The van der Waals surface area contributed by atoms with E-state index in [0.717, 1.165) is 24.4 Å². The van der Waals surface area contributed by atoms with Gasteiger partial charge < -0.3 is 14.6 Å². The highest BCUT2D eigenvalue weighted by Crippen LogP contribution is 2.22. The molecule has 1 aliphatic rings. The van der Waals surface area contributed by atoms with E-state index in [0.29, 0.717) is 6.54 Å². The van der Waals surface area contributed by atoms with E-state index in [1.807, 2.05) is 12.1 Å². The van der Waals surface area contributed by atoms with Gasteiger partial charge >= 0.3 is 0 Å². The monoisotopic (exact) mass is 252 g/mol. The van der Waals surface area contributed by atoms with E-state index in [2.05, 4.69) is 9.88 Å². The zero-order valence-corrected chi connectivity index (χ0v) is 10.9. The van der Waals surface area contributed by atoms with Gasteiger partial charge in [-0.2, -0.15) is 0 Å². The summed E-state index contributed by atoms with van der Waals surface area (Å²) in [5, 5.41) is 9.39. The van der Waals surface area contributed by atoms with Crippen molar-refractivity contribution in [2.24, 2.45) is 0 Å². The normalized spacial score (nSPS) is 24.4. The van der Waals surface area contributed by atoms with Crippen molar-refractivity contribution in [3.05, 3.63) is 24.0 Å². The molecule has 1 fully saturated rings. The van der Waals surface area contributed by atoms with Crippen molar-refractivity contribution < 1.29 is 14.6 Å². The van der Waals surface area contributed by atoms with Crippen LogP contribution in [0.4, 0.5) is 0 Å². The van der Waals surface area contributed by atoms with Crippen molar-refractivity contribution in [3.63, 3.8) is 0 Å². The van der Waals surface area contributed by atoms with Crippen LogP contribution in [0.15, 0.2) is 18.3 Å². The summed E-state index contributed by atoms with van der Waals surface area (Å²) in [4.78, 5) is 6.53. The Kier molecular flexibility index (Phi) is 4.52. The average Bonchev–Trinajstić information content (AvgIpc) is 2.81. The minimum atomic E-state index is 0.156. The maximum atomic E-state index is 9.39. The number of aliphatic hydroxyl groups is 1. The standard InChI is InChI=1S/C13H20N2O3/c1-17-12-3-4-14-10(5-12)7-15-8-13(18-2)6-11(15)9-16/h3-5,11,13,16H,6-9H2,1-2H3/t11-,13-/m0/s1. The first-order chi connectivity index (χ1) is 8.76. The molecule has 18 heavy (non-hydrogen) atoms. The summed E-state index contributed by atoms with van der Waals surface area (Å²) in [6.45, 7) is 1.70. The molecule has 2 atom stereocenters. The molecule has 2 heterocycles. The van der Waals surface area contributed by atoms with Gasteiger partial charge in [-0.1, -0.05) is 0 Å². The molecule has 0 saturated carbocycles. The SMILES string of the molecule is COc1ccnc(CN2C[C@@H](OC)C[C@H]2CO)c1. The lowest BCUT2D eigenvalue weighted by atomic mass is 10.2. The topological polar surface area (TPSA) is 54.8 Å². The molecule has 1 aromatic heterocycles. The quantitative estimate of drug-likeness (QED) is 0.835. The van der Waals surface area contributed by atoms with Gasteiger partial charge in [0, 0.05) is 38.5 Å². The first kappa shape index (κ1) is 13.3.